The number of carboxylic acid groups (broad SMARTS) is 1. The van der Waals surface area contributed by atoms with Crippen LogP contribution in [0.2, 0.25) is 0 Å². The molecule has 0 saturated heterocycles. The van der Waals surface area contributed by atoms with Gasteiger partial charge < -0.3 is 5.11 Å². The third-order valence-electron chi connectivity index (χ3n) is 3.82. The second-order valence-corrected chi connectivity index (χ2v) is 6.51. The summed E-state index contributed by atoms with van der Waals surface area (Å²) in [5.41, 5.74) is 2.37. The maximum Gasteiger partial charge on any atom is 0.313 e. The number of aromatic nitrogens is 3. The van der Waals surface area contributed by atoms with Gasteiger partial charge in [0.2, 0.25) is 5.82 Å². The highest BCUT2D eigenvalue weighted by Gasteiger charge is 2.24. The van der Waals surface area contributed by atoms with E-state index in [1.807, 2.05) is 44.2 Å². The van der Waals surface area contributed by atoms with Gasteiger partial charge in [-0.15, -0.1) is 10.2 Å². The van der Waals surface area contributed by atoms with E-state index in [4.69, 9.17) is 5.11 Å². The first-order chi connectivity index (χ1) is 11.9. The van der Waals surface area contributed by atoms with Gasteiger partial charge in [-0.3, -0.25) is 9.36 Å². The average Bonchev–Trinajstić information content (AvgIpc) is 2.97. The van der Waals surface area contributed by atoms with Crippen molar-refractivity contribution in [3.8, 4) is 5.69 Å². The maximum atomic E-state index is 13.5. The quantitative estimate of drug-likeness (QED) is 0.690. The Bertz CT molecular complexity index is 956. The molecule has 0 radical (unpaired) electrons. The van der Waals surface area contributed by atoms with E-state index in [0.717, 1.165) is 33.7 Å². The molecular weight excluding hydrogens is 348 g/mol. The molecule has 0 aliphatic carbocycles. The van der Waals surface area contributed by atoms with Crippen LogP contribution in [0.5, 0.6) is 0 Å². The van der Waals surface area contributed by atoms with Gasteiger partial charge >= 0.3 is 5.97 Å². The minimum Gasteiger partial charge on any atom is -0.481 e. The van der Waals surface area contributed by atoms with Crippen molar-refractivity contribution in [2.75, 3.05) is 5.75 Å². The normalized spacial score (nSPS) is 11.4. The van der Waals surface area contributed by atoms with Crippen molar-refractivity contribution in [2.45, 2.75) is 25.4 Å². The lowest BCUT2D eigenvalue weighted by Gasteiger charge is -2.16. The van der Waals surface area contributed by atoms with Crippen molar-refractivity contribution < 1.29 is 18.7 Å². The van der Waals surface area contributed by atoms with Crippen molar-refractivity contribution in [3.63, 3.8) is 0 Å². The van der Waals surface area contributed by atoms with Crippen LogP contribution in [-0.4, -0.2) is 31.6 Å². The zero-order valence-electron chi connectivity index (χ0n) is 13.5. The summed E-state index contributed by atoms with van der Waals surface area (Å²) in [6, 6.07) is 9.41. The lowest BCUT2D eigenvalue weighted by molar-refractivity contribution is -0.133. The Morgan fingerprint density at radius 3 is 2.52 bits per heavy atom. The van der Waals surface area contributed by atoms with Gasteiger partial charge in [-0.25, -0.2) is 8.78 Å². The fraction of sp³-hybridized carbons (Fsp3) is 0.235. The van der Waals surface area contributed by atoms with Crippen molar-refractivity contribution in [1.82, 2.24) is 14.8 Å². The summed E-state index contributed by atoms with van der Waals surface area (Å²) >= 11 is 0.866. The molecule has 0 aliphatic heterocycles. The first-order valence-corrected chi connectivity index (χ1v) is 8.46. The molecule has 3 rings (SSSR count). The van der Waals surface area contributed by atoms with Crippen LogP contribution in [0.25, 0.3) is 16.5 Å². The zero-order chi connectivity index (χ0) is 18.1. The fourth-order valence-corrected chi connectivity index (χ4v) is 3.53. The number of nitrogens with zero attached hydrogens (tertiary/aromatic N) is 3. The van der Waals surface area contributed by atoms with Crippen LogP contribution in [0.15, 0.2) is 35.5 Å². The van der Waals surface area contributed by atoms with Gasteiger partial charge in [-0.05, 0) is 30.4 Å². The summed E-state index contributed by atoms with van der Waals surface area (Å²) in [5.74, 6) is -1.84. The number of aryl methyl sites for hydroxylation is 2. The van der Waals surface area contributed by atoms with E-state index in [0.29, 0.717) is 5.69 Å². The van der Waals surface area contributed by atoms with E-state index in [9.17, 15) is 13.6 Å². The van der Waals surface area contributed by atoms with E-state index in [1.54, 1.807) is 0 Å². The van der Waals surface area contributed by atoms with E-state index in [2.05, 4.69) is 10.2 Å². The summed E-state index contributed by atoms with van der Waals surface area (Å²) in [4.78, 5) is 10.9. The van der Waals surface area contributed by atoms with Gasteiger partial charge in [-0.1, -0.05) is 42.1 Å². The highest BCUT2D eigenvalue weighted by atomic mass is 32.2. The number of rotatable bonds is 5. The summed E-state index contributed by atoms with van der Waals surface area (Å²) in [6.45, 7) is 3.79. The summed E-state index contributed by atoms with van der Waals surface area (Å²) in [5, 5.41) is 18.1. The van der Waals surface area contributed by atoms with E-state index < -0.39 is 18.2 Å². The Morgan fingerprint density at radius 2 is 1.88 bits per heavy atom. The molecule has 8 heteroatoms. The van der Waals surface area contributed by atoms with Crippen LogP contribution in [0, 0.1) is 13.8 Å². The number of alkyl halides is 2. The van der Waals surface area contributed by atoms with Crippen molar-refractivity contribution in [2.24, 2.45) is 0 Å². The number of halogens is 2. The smallest absolute Gasteiger partial charge is 0.313 e. The highest BCUT2D eigenvalue weighted by Crippen LogP contribution is 2.34. The molecule has 0 unspecified atom stereocenters. The molecule has 5 nitrogen and oxygen atoms in total. The number of fused-ring (bicyclic) bond motifs is 1. The summed E-state index contributed by atoms with van der Waals surface area (Å²) < 4.78 is 28.2. The summed E-state index contributed by atoms with van der Waals surface area (Å²) in [6.07, 6.45) is -2.83. The van der Waals surface area contributed by atoms with E-state index in [1.165, 1.54) is 4.57 Å². The van der Waals surface area contributed by atoms with Crippen LogP contribution in [0.3, 0.4) is 0 Å². The zero-order valence-corrected chi connectivity index (χ0v) is 14.3. The van der Waals surface area contributed by atoms with Crippen LogP contribution in [0.1, 0.15) is 23.4 Å². The number of thioether (sulfide) groups is 1. The van der Waals surface area contributed by atoms with Gasteiger partial charge in [0.25, 0.3) is 6.43 Å². The SMILES string of the molecule is Cc1cc(C)c2ccccc2c1-n1c(SCC(=O)O)nnc1C(F)F. The standard InChI is InChI=1S/C17H15F2N3O2S/c1-9-7-10(2)14(12-6-4-3-5-11(9)12)22-16(15(18)19)20-21-17(22)25-8-13(23)24/h3-7,15H,8H2,1-2H3,(H,23,24). The average molecular weight is 363 g/mol. The Hall–Kier alpha value is -2.48. The predicted molar refractivity (Wildman–Crippen MR) is 91.7 cm³/mol. The second kappa shape index (κ2) is 6.79. The van der Waals surface area contributed by atoms with Crippen LogP contribution in [0.4, 0.5) is 8.78 Å². The Morgan fingerprint density at radius 1 is 1.20 bits per heavy atom. The molecule has 1 heterocycles. The van der Waals surface area contributed by atoms with Crippen LogP contribution < -0.4 is 0 Å². The number of hydrogen-bond acceptors (Lipinski definition) is 4. The molecule has 0 spiro atoms. The maximum absolute atomic E-state index is 13.5. The molecule has 0 bridgehead atoms. The second-order valence-electron chi connectivity index (χ2n) is 5.56. The molecule has 1 N–H and O–H groups in total. The van der Waals surface area contributed by atoms with Gasteiger partial charge in [0.15, 0.2) is 5.16 Å². The van der Waals surface area contributed by atoms with Crippen LogP contribution in [-0.2, 0) is 4.79 Å². The molecule has 0 saturated carbocycles. The number of hydrogen-bond donors (Lipinski definition) is 1. The summed E-state index contributed by atoms with van der Waals surface area (Å²) in [7, 11) is 0. The molecule has 0 aliphatic rings. The van der Waals surface area contributed by atoms with E-state index >= 15 is 0 Å². The number of carboxylic acids is 1. The van der Waals surface area contributed by atoms with Gasteiger partial charge in [-0.2, -0.15) is 0 Å². The van der Waals surface area contributed by atoms with E-state index in [-0.39, 0.29) is 10.9 Å². The minimum atomic E-state index is -2.83. The monoisotopic (exact) mass is 363 g/mol. The molecule has 1 aromatic heterocycles. The molecule has 130 valence electrons. The molecule has 0 amide bonds. The number of aliphatic carboxylic acids is 1. The van der Waals surface area contributed by atoms with Gasteiger partial charge in [0.1, 0.15) is 0 Å². The third kappa shape index (κ3) is 3.21. The lowest BCUT2D eigenvalue weighted by Crippen LogP contribution is -2.08. The largest absolute Gasteiger partial charge is 0.481 e. The molecule has 25 heavy (non-hydrogen) atoms. The highest BCUT2D eigenvalue weighted by molar-refractivity contribution is 7.99. The first kappa shape index (κ1) is 17.3. The predicted octanol–water partition coefficient (Wildman–Crippen LogP) is 4.15. The van der Waals surface area contributed by atoms with Crippen molar-refractivity contribution in [3.05, 3.63) is 47.3 Å². The Balaban J connectivity index is 2.30. The number of carbonyl (C=O) groups is 1. The Kier molecular flexibility index (Phi) is 4.71. The van der Waals surface area contributed by atoms with Crippen molar-refractivity contribution >= 4 is 28.5 Å². The van der Waals surface area contributed by atoms with Crippen molar-refractivity contribution in [1.29, 1.82) is 0 Å². The van der Waals surface area contributed by atoms with Gasteiger partial charge in [0.05, 0.1) is 11.4 Å². The third-order valence-corrected chi connectivity index (χ3v) is 4.73. The molecule has 0 fully saturated rings. The molecule has 3 aromatic rings. The molecular formula is C17H15F2N3O2S. The van der Waals surface area contributed by atoms with Crippen LogP contribution >= 0.6 is 11.8 Å². The first-order valence-electron chi connectivity index (χ1n) is 7.47. The fourth-order valence-electron chi connectivity index (χ4n) is 2.87. The number of benzene rings is 2. The van der Waals surface area contributed by atoms with Gasteiger partial charge in [0, 0.05) is 5.39 Å². The molecule has 0 atom stereocenters. The lowest BCUT2D eigenvalue weighted by atomic mass is 9.99. The Labute approximate surface area is 146 Å². The minimum absolute atomic E-state index is 0.134. The molecule has 2 aromatic carbocycles. The topological polar surface area (TPSA) is 68.0 Å².